The first-order chi connectivity index (χ1) is 9.74. The zero-order valence-electron chi connectivity index (χ0n) is 12.4. The second-order valence-electron chi connectivity index (χ2n) is 5.25. The average molecular weight is 356 g/mol. The van der Waals surface area contributed by atoms with Gasteiger partial charge < -0.3 is 4.74 Å². The SMILES string of the molecule is C=C(F)C(CCCCCCCC)OC(=O)CS(F)(F)(F)(F)F. The van der Waals surface area contributed by atoms with Gasteiger partial charge in [0.1, 0.15) is 5.83 Å². The summed E-state index contributed by atoms with van der Waals surface area (Å²) in [6, 6.07) is 0. The monoisotopic (exact) mass is 356 g/mol. The van der Waals surface area contributed by atoms with Crippen LogP contribution in [0.3, 0.4) is 0 Å². The van der Waals surface area contributed by atoms with Crippen LogP contribution in [0.25, 0.3) is 0 Å². The number of hydrogen-bond acceptors (Lipinski definition) is 2. The van der Waals surface area contributed by atoms with E-state index in [-0.39, 0.29) is 6.42 Å². The van der Waals surface area contributed by atoms with Gasteiger partial charge in [-0.3, -0.25) is 4.79 Å². The number of hydrogen-bond donors (Lipinski definition) is 0. The quantitative estimate of drug-likeness (QED) is 0.242. The van der Waals surface area contributed by atoms with Gasteiger partial charge in [-0.25, -0.2) is 4.39 Å². The number of carbonyl (C=O) groups excluding carboxylic acids is 1. The highest BCUT2D eigenvalue weighted by Gasteiger charge is 2.65. The summed E-state index contributed by atoms with van der Waals surface area (Å²) in [6.45, 7) is 4.89. The molecule has 0 spiro atoms. The molecule has 0 N–H and O–H groups in total. The van der Waals surface area contributed by atoms with E-state index >= 15 is 0 Å². The Morgan fingerprint density at radius 2 is 1.55 bits per heavy atom. The molecule has 0 aromatic carbocycles. The number of ether oxygens (including phenoxy) is 1. The third kappa shape index (κ3) is 12.8. The molecule has 0 aromatic rings. The summed E-state index contributed by atoms with van der Waals surface area (Å²) in [5.41, 5.74) is 0. The lowest BCUT2D eigenvalue weighted by Crippen LogP contribution is -2.26. The highest BCUT2D eigenvalue weighted by molar-refractivity contribution is 8.46. The normalized spacial score (nSPS) is 16.5. The smallest absolute Gasteiger partial charge is 0.325 e. The van der Waals surface area contributed by atoms with Crippen LogP contribution < -0.4 is 0 Å². The molecule has 0 aliphatic rings. The lowest BCUT2D eigenvalue weighted by molar-refractivity contribution is -0.145. The Morgan fingerprint density at radius 3 is 2.00 bits per heavy atom. The Morgan fingerprint density at radius 1 is 1.05 bits per heavy atom. The van der Waals surface area contributed by atoms with Crippen LogP contribution in [-0.4, -0.2) is 17.8 Å². The number of rotatable bonds is 11. The molecule has 1 unspecified atom stereocenters. The standard InChI is InChI=1S/C13H22F6O2S/c1-3-4-5-6-7-8-9-12(11(2)14)21-13(20)10-22(15,16,17,18)19/h12H,2-10H2,1H3. The van der Waals surface area contributed by atoms with Gasteiger partial charge in [0.05, 0.1) is 0 Å². The van der Waals surface area contributed by atoms with Gasteiger partial charge in [-0.1, -0.05) is 65.0 Å². The minimum Gasteiger partial charge on any atom is -0.454 e. The molecule has 0 fully saturated rings. The van der Waals surface area contributed by atoms with Crippen LogP contribution in [-0.2, 0) is 9.53 Å². The first kappa shape index (κ1) is 21.1. The summed E-state index contributed by atoms with van der Waals surface area (Å²) in [4.78, 5) is 11.0. The van der Waals surface area contributed by atoms with Crippen LogP contribution in [0, 0.1) is 0 Å². The Balaban J connectivity index is 4.31. The van der Waals surface area contributed by atoms with Crippen molar-refractivity contribution >= 4 is 16.2 Å². The van der Waals surface area contributed by atoms with Crippen LogP contribution in [0.4, 0.5) is 23.8 Å². The van der Waals surface area contributed by atoms with Crippen LogP contribution >= 0.6 is 10.2 Å². The van der Waals surface area contributed by atoms with E-state index in [1.54, 1.807) is 0 Å². The zero-order valence-corrected chi connectivity index (χ0v) is 13.3. The van der Waals surface area contributed by atoms with E-state index in [4.69, 9.17) is 0 Å². The van der Waals surface area contributed by atoms with Crippen molar-refractivity contribution in [3.8, 4) is 0 Å². The lowest BCUT2D eigenvalue weighted by atomic mass is 10.1. The van der Waals surface area contributed by atoms with Crippen molar-refractivity contribution in [2.24, 2.45) is 0 Å². The van der Waals surface area contributed by atoms with Crippen LogP contribution in [0.5, 0.6) is 0 Å². The van der Waals surface area contributed by atoms with Gasteiger partial charge in [0, 0.05) is 0 Å². The molecule has 0 aliphatic heterocycles. The van der Waals surface area contributed by atoms with E-state index in [9.17, 15) is 28.6 Å². The number of carbonyl (C=O) groups is 1. The molecule has 0 amide bonds. The van der Waals surface area contributed by atoms with Gasteiger partial charge in [-0.15, -0.1) is 0 Å². The lowest BCUT2D eigenvalue weighted by Gasteiger charge is -2.39. The molecule has 0 saturated carbocycles. The maximum atomic E-state index is 13.0. The fraction of sp³-hybridized carbons (Fsp3) is 0.769. The molecule has 0 saturated heterocycles. The highest BCUT2D eigenvalue weighted by Crippen LogP contribution is 2.97. The molecular formula is C13H22F6O2S. The highest BCUT2D eigenvalue weighted by atomic mass is 32.5. The summed E-state index contributed by atoms with van der Waals surface area (Å²) in [5.74, 6) is -6.32. The van der Waals surface area contributed by atoms with E-state index in [0.717, 1.165) is 25.7 Å². The summed E-state index contributed by atoms with van der Waals surface area (Å²) >= 11 is 0. The first-order valence-corrected chi connectivity index (χ1v) is 9.12. The van der Waals surface area contributed by atoms with Crippen molar-refractivity contribution in [3.63, 3.8) is 0 Å². The second kappa shape index (κ2) is 7.14. The van der Waals surface area contributed by atoms with Crippen molar-refractivity contribution in [2.45, 2.75) is 58.0 Å². The topological polar surface area (TPSA) is 26.3 Å². The number of halogens is 6. The van der Waals surface area contributed by atoms with Crippen molar-refractivity contribution in [1.82, 2.24) is 0 Å². The minimum atomic E-state index is -9.90. The Bertz CT molecular complexity index is 392. The zero-order chi connectivity index (χ0) is 17.5. The largest absolute Gasteiger partial charge is 0.454 e. The van der Waals surface area contributed by atoms with Crippen LogP contribution in [0.15, 0.2) is 12.4 Å². The van der Waals surface area contributed by atoms with E-state index in [2.05, 4.69) is 11.3 Å². The molecule has 0 aromatic heterocycles. The molecule has 0 heterocycles. The Hall–Kier alpha value is -0.860. The average Bonchev–Trinajstić information content (AvgIpc) is 2.27. The van der Waals surface area contributed by atoms with Gasteiger partial charge in [0.2, 0.25) is 0 Å². The molecule has 0 radical (unpaired) electrons. The fourth-order valence-electron chi connectivity index (χ4n) is 1.80. The molecule has 0 aliphatic carbocycles. The summed E-state index contributed by atoms with van der Waals surface area (Å²) in [5, 5.41) is 0. The number of esters is 1. The van der Waals surface area contributed by atoms with Gasteiger partial charge in [-0.2, -0.15) is 0 Å². The molecule has 2 nitrogen and oxygen atoms in total. The maximum absolute atomic E-state index is 13.0. The van der Waals surface area contributed by atoms with Crippen molar-refractivity contribution in [3.05, 3.63) is 12.4 Å². The van der Waals surface area contributed by atoms with Crippen molar-refractivity contribution in [2.75, 3.05) is 5.75 Å². The Labute approximate surface area is 126 Å². The van der Waals surface area contributed by atoms with Crippen molar-refractivity contribution in [1.29, 1.82) is 0 Å². The first-order valence-electron chi connectivity index (χ1n) is 7.00. The molecule has 9 heteroatoms. The summed E-state index contributed by atoms with van der Waals surface area (Å²) in [6.07, 6.45) is 3.31. The fourth-order valence-corrected chi connectivity index (χ4v) is 2.32. The molecule has 0 rings (SSSR count). The van der Waals surface area contributed by atoms with E-state index in [1.807, 2.05) is 6.92 Å². The molecule has 0 bridgehead atoms. The third-order valence-corrected chi connectivity index (χ3v) is 3.61. The van der Waals surface area contributed by atoms with Gasteiger partial charge >= 0.3 is 5.97 Å². The Kier molecular flexibility index (Phi) is 6.86. The molecule has 134 valence electrons. The maximum Gasteiger partial charge on any atom is 0.325 e. The number of unbranched alkanes of at least 4 members (excludes halogenated alkanes) is 5. The predicted molar refractivity (Wildman–Crippen MR) is 76.1 cm³/mol. The molecular weight excluding hydrogens is 334 g/mol. The second-order valence-corrected chi connectivity index (χ2v) is 7.80. The molecule has 22 heavy (non-hydrogen) atoms. The van der Waals surface area contributed by atoms with Gasteiger partial charge in [0.25, 0.3) is 10.2 Å². The predicted octanol–water partition coefficient (Wildman–Crippen LogP) is 6.43. The van der Waals surface area contributed by atoms with Gasteiger partial charge in [-0.05, 0) is 12.8 Å². The summed E-state index contributed by atoms with van der Waals surface area (Å²) < 4.78 is 77.8. The molecule has 1 atom stereocenters. The van der Waals surface area contributed by atoms with Crippen LogP contribution in [0.1, 0.15) is 51.9 Å². The van der Waals surface area contributed by atoms with Crippen LogP contribution in [0.2, 0.25) is 0 Å². The van der Waals surface area contributed by atoms with Gasteiger partial charge in [0.15, 0.2) is 11.9 Å². The third-order valence-electron chi connectivity index (χ3n) is 2.83. The minimum absolute atomic E-state index is 0.0759. The van der Waals surface area contributed by atoms with E-state index in [0.29, 0.717) is 12.8 Å². The van der Waals surface area contributed by atoms with Crippen molar-refractivity contribution < 1.29 is 33.4 Å². The van der Waals surface area contributed by atoms with E-state index < -0.39 is 33.9 Å². The summed E-state index contributed by atoms with van der Waals surface area (Å²) in [7, 11) is -9.90. The van der Waals surface area contributed by atoms with E-state index in [1.165, 1.54) is 0 Å².